The Morgan fingerprint density at radius 2 is 1.91 bits per heavy atom. The topological polar surface area (TPSA) is 147 Å². The van der Waals surface area contributed by atoms with Crippen LogP contribution >= 0.6 is 11.6 Å². The monoisotopic (exact) mass is 514 g/mol. The number of methoxy groups -OCH3 is 1. The molecule has 1 aliphatic heterocycles. The van der Waals surface area contributed by atoms with Crippen LogP contribution in [0.25, 0.3) is 11.4 Å². The molecule has 0 amide bonds. The number of rotatable bonds is 7. The zero-order valence-electron chi connectivity index (χ0n) is 18.4. The molecule has 0 saturated heterocycles. The molecule has 5 rings (SSSR count). The average molecular weight is 515 g/mol. The Morgan fingerprint density at radius 1 is 1.14 bits per heavy atom. The van der Waals surface area contributed by atoms with Crippen LogP contribution in [0.3, 0.4) is 0 Å². The summed E-state index contributed by atoms with van der Waals surface area (Å²) in [6, 6.07) is 4.89. The van der Waals surface area contributed by atoms with Gasteiger partial charge in [0.05, 0.1) is 29.5 Å². The first kappa shape index (κ1) is 22.9. The van der Waals surface area contributed by atoms with Crippen LogP contribution in [0, 0.1) is 0 Å². The molecule has 1 aliphatic rings. The summed E-state index contributed by atoms with van der Waals surface area (Å²) in [6.07, 6.45) is 7.79. The third-order valence-corrected chi connectivity index (χ3v) is 6.74. The minimum absolute atomic E-state index is 0.0473. The summed E-state index contributed by atoms with van der Waals surface area (Å²) < 4.78 is 41.6. The first-order valence-corrected chi connectivity index (χ1v) is 12.5. The SMILES string of the molecule is COc1nccc2c1OC[C@@H](c1ccncc1)n1c(NS(=O)(=O)CCc3ncc(Cl)cn3)nnc1-2. The van der Waals surface area contributed by atoms with Gasteiger partial charge in [-0.1, -0.05) is 11.6 Å². The van der Waals surface area contributed by atoms with Crippen molar-refractivity contribution in [2.45, 2.75) is 12.5 Å². The lowest BCUT2D eigenvalue weighted by Crippen LogP contribution is -2.24. The van der Waals surface area contributed by atoms with Gasteiger partial charge in [-0.2, -0.15) is 0 Å². The van der Waals surface area contributed by atoms with Crippen LogP contribution < -0.4 is 14.2 Å². The Balaban J connectivity index is 1.52. The molecule has 0 aromatic carbocycles. The van der Waals surface area contributed by atoms with E-state index in [4.69, 9.17) is 21.1 Å². The van der Waals surface area contributed by atoms with E-state index in [1.54, 1.807) is 29.2 Å². The number of aryl methyl sites for hydroxylation is 1. The van der Waals surface area contributed by atoms with Gasteiger partial charge in [0.2, 0.25) is 16.0 Å². The molecule has 4 aromatic heterocycles. The maximum Gasteiger partial charge on any atom is 0.257 e. The second kappa shape index (κ2) is 9.43. The van der Waals surface area contributed by atoms with Crippen molar-refractivity contribution >= 4 is 27.6 Å². The van der Waals surface area contributed by atoms with Crippen molar-refractivity contribution in [3.8, 4) is 23.0 Å². The molecule has 0 aliphatic carbocycles. The van der Waals surface area contributed by atoms with Gasteiger partial charge >= 0.3 is 0 Å². The van der Waals surface area contributed by atoms with Crippen LogP contribution in [-0.4, -0.2) is 62.6 Å². The molecular formula is C21H19ClN8O4S. The molecular weight excluding hydrogens is 496 g/mol. The number of pyridine rings is 2. The molecule has 14 heteroatoms. The van der Waals surface area contributed by atoms with Gasteiger partial charge in [0.1, 0.15) is 12.4 Å². The zero-order valence-corrected chi connectivity index (χ0v) is 19.9. The summed E-state index contributed by atoms with van der Waals surface area (Å²) in [4.78, 5) is 16.4. The Bertz CT molecular complexity index is 1450. The van der Waals surface area contributed by atoms with Crippen molar-refractivity contribution in [2.75, 3.05) is 24.2 Å². The fourth-order valence-corrected chi connectivity index (χ4v) is 4.75. The predicted molar refractivity (Wildman–Crippen MR) is 126 cm³/mol. The highest BCUT2D eigenvalue weighted by Gasteiger charge is 2.32. The quantitative estimate of drug-likeness (QED) is 0.389. The Hall–Kier alpha value is -3.84. The van der Waals surface area contributed by atoms with E-state index >= 15 is 0 Å². The first-order valence-electron chi connectivity index (χ1n) is 10.4. The first-order chi connectivity index (χ1) is 16.9. The zero-order chi connectivity index (χ0) is 24.4. The van der Waals surface area contributed by atoms with Crippen molar-refractivity contribution < 1.29 is 17.9 Å². The van der Waals surface area contributed by atoms with Gasteiger partial charge in [-0.25, -0.2) is 23.4 Å². The van der Waals surface area contributed by atoms with Crippen molar-refractivity contribution in [2.24, 2.45) is 0 Å². The summed E-state index contributed by atoms with van der Waals surface area (Å²) in [7, 11) is -2.34. The van der Waals surface area contributed by atoms with Crippen LogP contribution in [0.1, 0.15) is 17.4 Å². The molecule has 1 atom stereocenters. The number of halogens is 1. The van der Waals surface area contributed by atoms with Gasteiger partial charge in [0.25, 0.3) is 5.88 Å². The lowest BCUT2D eigenvalue weighted by Gasteiger charge is -2.20. The molecule has 5 heterocycles. The van der Waals surface area contributed by atoms with E-state index in [0.29, 0.717) is 28.0 Å². The van der Waals surface area contributed by atoms with Gasteiger partial charge in [0.15, 0.2) is 11.6 Å². The van der Waals surface area contributed by atoms with Crippen molar-refractivity contribution in [3.05, 3.63) is 65.6 Å². The molecule has 12 nitrogen and oxygen atoms in total. The second-order valence-corrected chi connectivity index (χ2v) is 9.79. The van der Waals surface area contributed by atoms with Gasteiger partial charge < -0.3 is 9.47 Å². The van der Waals surface area contributed by atoms with Gasteiger partial charge in [-0.3, -0.25) is 14.3 Å². The lowest BCUT2D eigenvalue weighted by atomic mass is 10.1. The van der Waals surface area contributed by atoms with Crippen molar-refractivity contribution in [1.82, 2.24) is 34.7 Å². The number of hydrogen-bond donors (Lipinski definition) is 1. The van der Waals surface area contributed by atoms with E-state index in [1.165, 1.54) is 19.5 Å². The second-order valence-electron chi connectivity index (χ2n) is 7.51. The fourth-order valence-electron chi connectivity index (χ4n) is 3.68. The van der Waals surface area contributed by atoms with Crippen LogP contribution in [0.5, 0.6) is 11.6 Å². The van der Waals surface area contributed by atoms with Crippen molar-refractivity contribution in [1.29, 1.82) is 0 Å². The van der Waals surface area contributed by atoms with Crippen LogP contribution in [0.15, 0.2) is 49.2 Å². The number of nitrogens with zero attached hydrogens (tertiary/aromatic N) is 7. The number of hydrogen-bond acceptors (Lipinski definition) is 10. The van der Waals surface area contributed by atoms with E-state index in [-0.39, 0.29) is 30.6 Å². The minimum Gasteiger partial charge on any atom is -0.485 e. The third-order valence-electron chi connectivity index (χ3n) is 5.31. The number of sulfonamides is 1. The highest BCUT2D eigenvalue weighted by molar-refractivity contribution is 7.92. The minimum atomic E-state index is -3.83. The summed E-state index contributed by atoms with van der Waals surface area (Å²) >= 11 is 5.80. The summed E-state index contributed by atoms with van der Waals surface area (Å²) in [5, 5.41) is 8.82. The molecule has 0 saturated carbocycles. The van der Waals surface area contributed by atoms with E-state index in [0.717, 1.165) is 5.56 Å². The van der Waals surface area contributed by atoms with E-state index in [2.05, 4.69) is 34.9 Å². The number of ether oxygens (including phenoxy) is 2. The molecule has 0 bridgehead atoms. The molecule has 0 fully saturated rings. The summed E-state index contributed by atoms with van der Waals surface area (Å²) in [5.74, 6) is 1.23. The molecule has 1 N–H and O–H groups in total. The smallest absolute Gasteiger partial charge is 0.257 e. The van der Waals surface area contributed by atoms with Crippen LogP contribution in [-0.2, 0) is 16.4 Å². The van der Waals surface area contributed by atoms with Crippen molar-refractivity contribution in [3.63, 3.8) is 0 Å². The van der Waals surface area contributed by atoms with E-state index in [9.17, 15) is 8.42 Å². The van der Waals surface area contributed by atoms with E-state index < -0.39 is 16.1 Å². The molecule has 4 aromatic rings. The highest BCUT2D eigenvalue weighted by Crippen LogP contribution is 2.41. The number of nitrogens with one attached hydrogen (secondary N) is 1. The molecule has 0 spiro atoms. The largest absolute Gasteiger partial charge is 0.485 e. The maximum absolute atomic E-state index is 13.0. The number of anilines is 1. The molecule has 35 heavy (non-hydrogen) atoms. The van der Waals surface area contributed by atoms with Gasteiger partial charge in [0, 0.05) is 37.4 Å². The standard InChI is InChI=1S/C21H19ClN8O4S/c1-33-20-18-15(4-8-24-20)19-27-28-21(30(19)16(12-34-18)13-2-6-23-7-3-13)29-35(31,32)9-5-17-25-10-14(22)11-26-17/h2-4,6-8,10-11,16H,5,9,12H2,1H3,(H,28,29)/t16-/m0/s1. The third kappa shape index (κ3) is 4.72. The summed E-state index contributed by atoms with van der Waals surface area (Å²) in [6.45, 7) is 0.150. The predicted octanol–water partition coefficient (Wildman–Crippen LogP) is 2.15. The normalized spacial score (nSPS) is 14.9. The average Bonchev–Trinajstić information content (AvgIpc) is 3.18. The Morgan fingerprint density at radius 3 is 2.66 bits per heavy atom. The fraction of sp³-hybridized carbons (Fsp3) is 0.238. The Labute approximate surface area is 205 Å². The van der Waals surface area contributed by atoms with Crippen LogP contribution in [0.2, 0.25) is 5.02 Å². The van der Waals surface area contributed by atoms with Gasteiger partial charge in [-0.15, -0.1) is 10.2 Å². The molecule has 180 valence electrons. The number of fused-ring (bicyclic) bond motifs is 3. The van der Waals surface area contributed by atoms with E-state index in [1.807, 2.05) is 12.1 Å². The van der Waals surface area contributed by atoms with Crippen LogP contribution in [0.4, 0.5) is 5.95 Å². The molecule has 0 radical (unpaired) electrons. The number of aromatic nitrogens is 7. The highest BCUT2D eigenvalue weighted by atomic mass is 35.5. The lowest BCUT2D eigenvalue weighted by molar-refractivity contribution is 0.263. The summed E-state index contributed by atoms with van der Waals surface area (Å²) in [5.41, 5.74) is 1.40. The van der Waals surface area contributed by atoms with Gasteiger partial charge in [-0.05, 0) is 23.8 Å². The molecule has 0 unspecified atom stereocenters. The Kier molecular flexibility index (Phi) is 6.17. The maximum atomic E-state index is 13.0.